The molecule has 0 amide bonds. The Kier molecular flexibility index (Phi) is 3.62. The van der Waals surface area contributed by atoms with Gasteiger partial charge in [-0.2, -0.15) is 5.26 Å². The van der Waals surface area contributed by atoms with Crippen LogP contribution in [0.1, 0.15) is 19.5 Å². The summed E-state index contributed by atoms with van der Waals surface area (Å²) in [6.07, 6.45) is 1.23. The highest BCUT2D eigenvalue weighted by molar-refractivity contribution is 5.85. The lowest BCUT2D eigenvalue weighted by Gasteiger charge is -2.00. The molecule has 0 atom stereocenters. The molecule has 1 heterocycles. The number of benzene rings is 1. The van der Waals surface area contributed by atoms with E-state index in [2.05, 4.69) is 9.97 Å². The third-order valence-electron chi connectivity index (χ3n) is 1.84. The zero-order valence-corrected chi connectivity index (χ0v) is 8.97. The van der Waals surface area contributed by atoms with E-state index >= 15 is 0 Å². The Morgan fingerprint density at radius 1 is 1.12 bits per heavy atom. The molecule has 0 bridgehead atoms. The van der Waals surface area contributed by atoms with Gasteiger partial charge in [0.1, 0.15) is 12.4 Å². The summed E-state index contributed by atoms with van der Waals surface area (Å²) in [6.45, 7) is 4.00. The molecule has 0 unspecified atom stereocenters. The Hall–Kier alpha value is -2.35. The lowest BCUT2D eigenvalue weighted by Crippen LogP contribution is -1.88. The van der Waals surface area contributed by atoms with Crippen LogP contribution in [0.2, 0.25) is 0 Å². The number of phenolic OH excluding ortho intramolecular Hbond substituents is 2. The monoisotopic (exact) mass is 217 g/mol. The Morgan fingerprint density at radius 3 is 2.38 bits per heavy atom. The van der Waals surface area contributed by atoms with E-state index in [1.807, 2.05) is 19.9 Å². The minimum absolute atomic E-state index is 0.172. The molecule has 2 N–H and O–H groups in total. The first kappa shape index (κ1) is 11.7. The maximum atomic E-state index is 9.22. The first-order valence-electron chi connectivity index (χ1n) is 4.79. The van der Waals surface area contributed by atoms with E-state index in [1.54, 1.807) is 0 Å². The van der Waals surface area contributed by atoms with E-state index in [-0.39, 0.29) is 17.2 Å². The number of phenols is 2. The molecule has 0 aliphatic carbocycles. The van der Waals surface area contributed by atoms with Crippen LogP contribution in [0.5, 0.6) is 11.5 Å². The number of nitriles is 1. The number of rotatable bonds is 0. The van der Waals surface area contributed by atoms with Gasteiger partial charge in [0.2, 0.25) is 0 Å². The van der Waals surface area contributed by atoms with Crippen molar-refractivity contribution in [2.45, 2.75) is 13.8 Å². The smallest absolute Gasteiger partial charge is 0.159 e. The summed E-state index contributed by atoms with van der Waals surface area (Å²) in [5.41, 5.74) is 0.595. The summed E-state index contributed by atoms with van der Waals surface area (Å²) in [5, 5.41) is 27.5. The standard InChI is InChI=1S/C9H5N3O2.C2H6/c10-3-7-5-1-8(13)9(14)2-6(5)11-4-12-7;1-2/h1-2,4,13-14H;1-2H3. The SMILES string of the molecule is CC.N#Cc1ncnc2cc(O)c(O)cc12. The van der Waals surface area contributed by atoms with Gasteiger partial charge in [-0.05, 0) is 6.07 Å². The molecule has 5 nitrogen and oxygen atoms in total. The predicted molar refractivity (Wildman–Crippen MR) is 58.9 cm³/mol. The van der Waals surface area contributed by atoms with Crippen molar-refractivity contribution in [2.75, 3.05) is 0 Å². The zero-order chi connectivity index (χ0) is 12.1. The van der Waals surface area contributed by atoms with Crippen LogP contribution in [-0.2, 0) is 0 Å². The Bertz CT molecular complexity index is 547. The molecule has 2 rings (SSSR count). The topological polar surface area (TPSA) is 90.0 Å². The van der Waals surface area contributed by atoms with Crippen LogP contribution in [0, 0.1) is 11.3 Å². The average Bonchev–Trinajstić information content (AvgIpc) is 2.32. The van der Waals surface area contributed by atoms with Crippen molar-refractivity contribution < 1.29 is 10.2 Å². The molecule has 2 aromatic rings. The van der Waals surface area contributed by atoms with Crippen LogP contribution in [0.3, 0.4) is 0 Å². The largest absolute Gasteiger partial charge is 0.504 e. The van der Waals surface area contributed by atoms with Gasteiger partial charge >= 0.3 is 0 Å². The van der Waals surface area contributed by atoms with Crippen molar-refractivity contribution in [3.63, 3.8) is 0 Å². The highest BCUT2D eigenvalue weighted by Gasteiger charge is 2.07. The summed E-state index contributed by atoms with van der Waals surface area (Å²) in [5.74, 6) is -0.552. The minimum atomic E-state index is -0.288. The molecule has 0 radical (unpaired) electrons. The molecular formula is C11H11N3O2. The molecule has 0 spiro atoms. The molecule has 5 heteroatoms. The molecule has 0 aliphatic rings. The third kappa shape index (κ3) is 2.01. The van der Waals surface area contributed by atoms with E-state index < -0.39 is 0 Å². The lowest BCUT2D eigenvalue weighted by atomic mass is 10.2. The first-order chi connectivity index (χ1) is 7.72. The van der Waals surface area contributed by atoms with Gasteiger partial charge in [-0.25, -0.2) is 9.97 Å². The van der Waals surface area contributed by atoms with Gasteiger partial charge in [0.25, 0.3) is 0 Å². The van der Waals surface area contributed by atoms with Crippen LogP contribution in [0.4, 0.5) is 0 Å². The zero-order valence-electron chi connectivity index (χ0n) is 8.97. The first-order valence-corrected chi connectivity index (χ1v) is 4.79. The van der Waals surface area contributed by atoms with E-state index in [0.29, 0.717) is 10.9 Å². The lowest BCUT2D eigenvalue weighted by molar-refractivity contribution is 0.405. The van der Waals surface area contributed by atoms with E-state index in [1.165, 1.54) is 18.5 Å². The fourth-order valence-corrected chi connectivity index (χ4v) is 1.17. The van der Waals surface area contributed by atoms with Gasteiger partial charge in [0.05, 0.1) is 5.52 Å². The van der Waals surface area contributed by atoms with Crippen LogP contribution >= 0.6 is 0 Å². The van der Waals surface area contributed by atoms with Gasteiger partial charge in [-0.15, -0.1) is 0 Å². The fraction of sp³-hybridized carbons (Fsp3) is 0.182. The summed E-state index contributed by atoms with van der Waals surface area (Å²) >= 11 is 0. The van der Waals surface area contributed by atoms with E-state index in [0.717, 1.165) is 0 Å². The van der Waals surface area contributed by atoms with Gasteiger partial charge in [0.15, 0.2) is 17.2 Å². The quantitative estimate of drug-likeness (QED) is 0.658. The second kappa shape index (κ2) is 4.94. The molecule has 1 aromatic carbocycles. The highest BCUT2D eigenvalue weighted by Crippen LogP contribution is 2.29. The molecule has 0 saturated carbocycles. The molecule has 0 fully saturated rings. The van der Waals surface area contributed by atoms with Crippen LogP contribution in [0.25, 0.3) is 10.9 Å². The molecule has 16 heavy (non-hydrogen) atoms. The molecule has 0 saturated heterocycles. The Balaban J connectivity index is 0.000000606. The van der Waals surface area contributed by atoms with Gasteiger partial charge in [0, 0.05) is 11.5 Å². The van der Waals surface area contributed by atoms with Crippen molar-refractivity contribution in [3.8, 4) is 17.6 Å². The fourth-order valence-electron chi connectivity index (χ4n) is 1.17. The number of aromatic nitrogens is 2. The van der Waals surface area contributed by atoms with Crippen molar-refractivity contribution >= 4 is 10.9 Å². The average molecular weight is 217 g/mol. The van der Waals surface area contributed by atoms with Gasteiger partial charge in [-0.1, -0.05) is 13.8 Å². The summed E-state index contributed by atoms with van der Waals surface area (Å²) in [4.78, 5) is 7.59. The summed E-state index contributed by atoms with van der Waals surface area (Å²) in [6, 6.07) is 4.42. The van der Waals surface area contributed by atoms with Crippen molar-refractivity contribution in [1.29, 1.82) is 5.26 Å². The van der Waals surface area contributed by atoms with Crippen molar-refractivity contribution in [3.05, 3.63) is 24.2 Å². The number of aromatic hydroxyl groups is 2. The van der Waals surface area contributed by atoms with Crippen LogP contribution < -0.4 is 0 Å². The van der Waals surface area contributed by atoms with Gasteiger partial charge in [-0.3, -0.25) is 0 Å². The minimum Gasteiger partial charge on any atom is -0.504 e. The number of hydrogen-bond donors (Lipinski definition) is 2. The van der Waals surface area contributed by atoms with E-state index in [9.17, 15) is 10.2 Å². The maximum Gasteiger partial charge on any atom is 0.159 e. The second-order valence-electron chi connectivity index (χ2n) is 2.69. The number of hydrogen-bond acceptors (Lipinski definition) is 5. The molecule has 82 valence electrons. The van der Waals surface area contributed by atoms with Crippen LogP contribution in [-0.4, -0.2) is 20.2 Å². The summed E-state index contributed by atoms with van der Waals surface area (Å²) in [7, 11) is 0. The second-order valence-corrected chi connectivity index (χ2v) is 2.69. The Morgan fingerprint density at radius 2 is 1.75 bits per heavy atom. The third-order valence-corrected chi connectivity index (χ3v) is 1.84. The molecular weight excluding hydrogens is 206 g/mol. The highest BCUT2D eigenvalue weighted by atomic mass is 16.3. The molecule has 1 aromatic heterocycles. The predicted octanol–water partition coefficient (Wildman–Crippen LogP) is 1.94. The van der Waals surface area contributed by atoms with Crippen LogP contribution in [0.15, 0.2) is 18.5 Å². The maximum absolute atomic E-state index is 9.22. The normalized spacial score (nSPS) is 9.06. The van der Waals surface area contributed by atoms with Crippen molar-refractivity contribution in [2.24, 2.45) is 0 Å². The Labute approximate surface area is 92.6 Å². The molecule has 0 aliphatic heterocycles. The van der Waals surface area contributed by atoms with Gasteiger partial charge < -0.3 is 10.2 Å². The number of nitrogens with zero attached hydrogens (tertiary/aromatic N) is 3. The summed E-state index contributed by atoms with van der Waals surface area (Å²) < 4.78 is 0. The number of fused-ring (bicyclic) bond motifs is 1. The van der Waals surface area contributed by atoms with E-state index in [4.69, 9.17) is 5.26 Å². The van der Waals surface area contributed by atoms with Crippen molar-refractivity contribution in [1.82, 2.24) is 9.97 Å².